The second-order valence-corrected chi connectivity index (χ2v) is 5.10. The van der Waals surface area contributed by atoms with Crippen molar-refractivity contribution in [1.29, 1.82) is 0 Å². The summed E-state index contributed by atoms with van der Waals surface area (Å²) in [5, 5.41) is 0.355. The van der Waals surface area contributed by atoms with Gasteiger partial charge in [0.2, 0.25) is 0 Å². The van der Waals surface area contributed by atoms with Gasteiger partial charge in [0.1, 0.15) is 13.2 Å². The third-order valence-corrected chi connectivity index (χ3v) is 4.29. The number of hydrogen-bond donors (Lipinski definition) is 0. The predicted molar refractivity (Wildman–Crippen MR) is 52.4 cm³/mol. The summed E-state index contributed by atoms with van der Waals surface area (Å²) in [4.78, 5) is 0. The van der Waals surface area contributed by atoms with E-state index in [1.54, 1.807) is 0 Å². The number of hydrogen-bond acceptors (Lipinski definition) is 3. The van der Waals surface area contributed by atoms with Crippen LogP contribution in [0.2, 0.25) is 0 Å². The fourth-order valence-corrected chi connectivity index (χ4v) is 3.52. The van der Waals surface area contributed by atoms with Crippen LogP contribution >= 0.6 is 12.2 Å². The Morgan fingerprint density at radius 2 is 2.00 bits per heavy atom. The molecule has 1 saturated heterocycles. The normalized spacial score (nSPS) is 40.5. The fourth-order valence-electron chi connectivity index (χ4n) is 3.40. The lowest BCUT2D eigenvalue weighted by Crippen LogP contribution is -2.43. The van der Waals surface area contributed by atoms with E-state index in [1.807, 2.05) is 0 Å². The van der Waals surface area contributed by atoms with E-state index in [4.69, 9.17) is 21.7 Å². The summed E-state index contributed by atoms with van der Waals surface area (Å²) in [5.74, 6) is 1.80. The van der Waals surface area contributed by atoms with Gasteiger partial charge in [-0.05, 0) is 31.1 Å². The highest BCUT2D eigenvalue weighted by atomic mass is 32.1. The maximum absolute atomic E-state index is 5.38. The van der Waals surface area contributed by atoms with E-state index in [2.05, 4.69) is 0 Å². The lowest BCUT2D eigenvalue weighted by Gasteiger charge is -2.39. The van der Waals surface area contributed by atoms with E-state index < -0.39 is 0 Å². The average Bonchev–Trinajstić information content (AvgIpc) is 2.70. The zero-order chi connectivity index (χ0) is 8.89. The van der Waals surface area contributed by atoms with Crippen LogP contribution in [0.3, 0.4) is 0 Å². The van der Waals surface area contributed by atoms with Crippen molar-refractivity contribution in [1.82, 2.24) is 0 Å². The molecule has 2 nitrogen and oxygen atoms in total. The fraction of sp³-hybridized carbons (Fsp3) is 0.900. The average molecular weight is 198 g/mol. The van der Waals surface area contributed by atoms with Crippen molar-refractivity contribution in [2.24, 2.45) is 17.3 Å². The number of thiocarbonyl (C=S) groups is 1. The number of rotatable bonds is 0. The van der Waals surface area contributed by atoms with E-state index in [0.717, 1.165) is 25.0 Å². The van der Waals surface area contributed by atoms with Crippen molar-refractivity contribution in [2.45, 2.75) is 25.7 Å². The Hall–Kier alpha value is -0.310. The zero-order valence-corrected chi connectivity index (χ0v) is 8.44. The maximum Gasteiger partial charge on any atom is 0.352 e. The van der Waals surface area contributed by atoms with Crippen LogP contribution in [0.25, 0.3) is 0 Å². The van der Waals surface area contributed by atoms with Gasteiger partial charge in [-0.3, -0.25) is 0 Å². The smallest absolute Gasteiger partial charge is 0.352 e. The largest absolute Gasteiger partial charge is 0.456 e. The second kappa shape index (κ2) is 2.59. The SMILES string of the molecule is S=C1OCC2(CO1)CC1CCC2C1. The summed E-state index contributed by atoms with van der Waals surface area (Å²) in [7, 11) is 0. The van der Waals surface area contributed by atoms with Crippen LogP contribution < -0.4 is 0 Å². The summed E-state index contributed by atoms with van der Waals surface area (Å²) in [5.41, 5.74) is 0.339. The van der Waals surface area contributed by atoms with E-state index in [1.165, 1.54) is 25.7 Å². The summed E-state index contributed by atoms with van der Waals surface area (Å²) in [6.45, 7) is 1.62. The monoisotopic (exact) mass is 198 g/mol. The van der Waals surface area contributed by atoms with Gasteiger partial charge in [-0.15, -0.1) is 0 Å². The first kappa shape index (κ1) is 8.04. The van der Waals surface area contributed by atoms with Crippen molar-refractivity contribution >= 4 is 17.5 Å². The molecule has 2 unspecified atom stereocenters. The van der Waals surface area contributed by atoms with Crippen molar-refractivity contribution < 1.29 is 9.47 Å². The Morgan fingerprint density at radius 1 is 1.23 bits per heavy atom. The molecule has 1 aliphatic heterocycles. The summed E-state index contributed by atoms with van der Waals surface area (Å²) in [6, 6.07) is 0. The molecule has 3 fully saturated rings. The molecular weight excluding hydrogens is 184 g/mol. The third-order valence-electron chi connectivity index (χ3n) is 4.06. The molecule has 13 heavy (non-hydrogen) atoms. The Balaban J connectivity index is 1.79. The van der Waals surface area contributed by atoms with Gasteiger partial charge in [0.15, 0.2) is 0 Å². The molecule has 2 aliphatic carbocycles. The number of ether oxygens (including phenoxy) is 2. The van der Waals surface area contributed by atoms with Crippen LogP contribution in [0.5, 0.6) is 0 Å². The minimum absolute atomic E-state index is 0.339. The quantitative estimate of drug-likeness (QED) is 0.555. The summed E-state index contributed by atoms with van der Waals surface area (Å²) < 4.78 is 10.8. The van der Waals surface area contributed by atoms with Crippen LogP contribution in [0.4, 0.5) is 0 Å². The maximum atomic E-state index is 5.38. The van der Waals surface area contributed by atoms with Gasteiger partial charge in [0.05, 0.1) is 0 Å². The molecule has 0 N–H and O–H groups in total. The van der Waals surface area contributed by atoms with Gasteiger partial charge in [-0.2, -0.15) is 0 Å². The first-order valence-corrected chi connectivity index (χ1v) is 5.49. The van der Waals surface area contributed by atoms with Gasteiger partial charge in [-0.1, -0.05) is 6.42 Å². The minimum atomic E-state index is 0.339. The van der Waals surface area contributed by atoms with Crippen LogP contribution in [0.1, 0.15) is 25.7 Å². The highest BCUT2D eigenvalue weighted by molar-refractivity contribution is 7.79. The molecule has 2 bridgehead atoms. The van der Waals surface area contributed by atoms with Crippen LogP contribution in [-0.4, -0.2) is 18.5 Å². The molecule has 3 heteroatoms. The molecule has 0 aromatic rings. The molecule has 3 aliphatic rings. The molecule has 1 heterocycles. The van der Waals surface area contributed by atoms with Gasteiger partial charge in [-0.25, -0.2) is 0 Å². The second-order valence-electron chi connectivity index (χ2n) is 4.77. The van der Waals surface area contributed by atoms with E-state index in [0.29, 0.717) is 10.7 Å². The van der Waals surface area contributed by atoms with Gasteiger partial charge >= 0.3 is 5.24 Å². The third kappa shape index (κ3) is 1.09. The Morgan fingerprint density at radius 3 is 2.54 bits per heavy atom. The highest BCUT2D eigenvalue weighted by Gasteiger charge is 2.53. The van der Waals surface area contributed by atoms with E-state index in [-0.39, 0.29) is 0 Å². The molecule has 1 spiro atoms. The van der Waals surface area contributed by atoms with Gasteiger partial charge in [0.25, 0.3) is 0 Å². The van der Waals surface area contributed by atoms with Crippen molar-refractivity contribution in [2.75, 3.05) is 13.2 Å². The Labute approximate surface area is 83.6 Å². The first-order valence-electron chi connectivity index (χ1n) is 5.08. The van der Waals surface area contributed by atoms with Crippen molar-refractivity contribution in [3.8, 4) is 0 Å². The van der Waals surface area contributed by atoms with Gasteiger partial charge < -0.3 is 9.47 Å². The van der Waals surface area contributed by atoms with Crippen LogP contribution in [-0.2, 0) is 9.47 Å². The lowest BCUT2D eigenvalue weighted by atomic mass is 9.74. The van der Waals surface area contributed by atoms with E-state index >= 15 is 0 Å². The minimum Gasteiger partial charge on any atom is -0.456 e. The molecule has 2 atom stereocenters. The Kier molecular flexibility index (Phi) is 1.60. The van der Waals surface area contributed by atoms with Crippen LogP contribution in [0, 0.1) is 17.3 Å². The zero-order valence-electron chi connectivity index (χ0n) is 7.62. The molecular formula is C10H14O2S. The lowest BCUT2D eigenvalue weighted by molar-refractivity contribution is -0.0419. The number of fused-ring (bicyclic) bond motifs is 3. The van der Waals surface area contributed by atoms with Gasteiger partial charge in [0, 0.05) is 17.6 Å². The molecule has 2 saturated carbocycles. The molecule has 0 aromatic carbocycles. The Bertz CT molecular complexity index is 241. The predicted octanol–water partition coefficient (Wildman–Crippen LogP) is 2.12. The molecule has 0 radical (unpaired) electrons. The molecule has 0 aromatic heterocycles. The van der Waals surface area contributed by atoms with Crippen molar-refractivity contribution in [3.63, 3.8) is 0 Å². The molecule has 72 valence electrons. The van der Waals surface area contributed by atoms with Crippen LogP contribution in [0.15, 0.2) is 0 Å². The van der Waals surface area contributed by atoms with Crippen molar-refractivity contribution in [3.05, 3.63) is 0 Å². The molecule has 0 amide bonds. The highest BCUT2D eigenvalue weighted by Crippen LogP contribution is 2.56. The van der Waals surface area contributed by atoms with E-state index in [9.17, 15) is 0 Å². The summed E-state index contributed by atoms with van der Waals surface area (Å²) >= 11 is 4.87. The summed E-state index contributed by atoms with van der Waals surface area (Å²) in [6.07, 6.45) is 5.51. The first-order chi connectivity index (χ1) is 6.28. The standard InChI is InChI=1S/C10H14O2S/c13-9-11-5-10(6-12-9)4-7-1-2-8(10)3-7/h7-8H,1-6H2. The topological polar surface area (TPSA) is 18.5 Å². The molecule has 3 rings (SSSR count).